The Kier molecular flexibility index (Phi) is 2.94. The van der Waals surface area contributed by atoms with Crippen molar-refractivity contribution < 1.29 is 20.1 Å². The molecule has 3 rings (SSSR count). The summed E-state index contributed by atoms with van der Waals surface area (Å²) in [5.74, 6) is -0.0751. The summed E-state index contributed by atoms with van der Waals surface area (Å²) in [6, 6.07) is 0. The van der Waals surface area contributed by atoms with Crippen molar-refractivity contribution in [2.75, 3.05) is 12.3 Å². The quantitative estimate of drug-likeness (QED) is 0.398. The number of nitrogens with two attached hydrogens (primary N) is 1. The number of aromatic nitrogens is 4. The van der Waals surface area contributed by atoms with E-state index in [2.05, 4.69) is 15.0 Å². The van der Waals surface area contributed by atoms with Gasteiger partial charge in [-0.15, -0.1) is 0 Å². The van der Waals surface area contributed by atoms with E-state index in [-0.39, 0.29) is 17.1 Å². The highest BCUT2D eigenvalue weighted by Crippen LogP contribution is 2.30. The minimum Gasteiger partial charge on any atom is -0.394 e. The summed E-state index contributed by atoms with van der Waals surface area (Å²) in [4.78, 5) is 22.0. The number of fused-ring (bicyclic) bond motifs is 1. The molecule has 108 valence electrons. The number of hydrogen-bond acceptors (Lipinski definition) is 8. The van der Waals surface area contributed by atoms with Crippen molar-refractivity contribution in [3.63, 3.8) is 0 Å². The first-order valence-corrected chi connectivity index (χ1v) is 5.87. The lowest BCUT2D eigenvalue weighted by molar-refractivity contribution is -0.0509. The van der Waals surface area contributed by atoms with Crippen LogP contribution in [0.1, 0.15) is 6.23 Å². The van der Waals surface area contributed by atoms with E-state index < -0.39 is 36.7 Å². The highest BCUT2D eigenvalue weighted by atomic mass is 16.6. The molecule has 6 N–H and O–H groups in total. The molecule has 1 aliphatic heterocycles. The molecule has 0 amide bonds. The van der Waals surface area contributed by atoms with Crippen LogP contribution in [0.15, 0.2) is 11.1 Å². The van der Waals surface area contributed by atoms with Crippen LogP contribution in [0.25, 0.3) is 11.2 Å². The van der Waals surface area contributed by atoms with E-state index in [4.69, 9.17) is 15.6 Å². The Morgan fingerprint density at radius 3 is 2.85 bits per heavy atom. The Morgan fingerprint density at radius 2 is 2.20 bits per heavy atom. The van der Waals surface area contributed by atoms with E-state index in [0.29, 0.717) is 0 Å². The van der Waals surface area contributed by atoms with Gasteiger partial charge in [0.2, 0.25) is 5.95 Å². The van der Waals surface area contributed by atoms with Crippen molar-refractivity contribution in [1.29, 1.82) is 0 Å². The second-order valence-corrected chi connectivity index (χ2v) is 4.50. The predicted molar refractivity (Wildman–Crippen MR) is 65.6 cm³/mol. The van der Waals surface area contributed by atoms with Crippen molar-refractivity contribution in [3.8, 4) is 0 Å². The minimum absolute atomic E-state index is 0.0639. The lowest BCUT2D eigenvalue weighted by Gasteiger charge is -2.16. The number of anilines is 1. The first-order valence-electron chi connectivity index (χ1n) is 5.87. The van der Waals surface area contributed by atoms with Gasteiger partial charge in [-0.25, -0.2) is 4.98 Å². The van der Waals surface area contributed by atoms with Gasteiger partial charge >= 0.3 is 0 Å². The summed E-state index contributed by atoms with van der Waals surface area (Å²) in [5.41, 5.74) is 5.04. The number of nitrogens with one attached hydrogen (secondary N) is 1. The molecular formula is C10H13N5O5. The zero-order valence-corrected chi connectivity index (χ0v) is 10.2. The van der Waals surface area contributed by atoms with Crippen LogP contribution in [0.5, 0.6) is 0 Å². The fourth-order valence-electron chi connectivity index (χ4n) is 2.27. The molecule has 1 fully saturated rings. The summed E-state index contributed by atoms with van der Waals surface area (Å²) in [6.07, 6.45) is -3.29. The predicted octanol–water partition coefficient (Wildman–Crippen LogP) is -2.69. The third-order valence-electron chi connectivity index (χ3n) is 3.25. The molecule has 1 aliphatic rings. The molecule has 3 heterocycles. The molecule has 2 aromatic heterocycles. The van der Waals surface area contributed by atoms with Crippen molar-refractivity contribution in [3.05, 3.63) is 16.7 Å². The molecule has 10 heteroatoms. The molecule has 20 heavy (non-hydrogen) atoms. The monoisotopic (exact) mass is 283 g/mol. The molecule has 0 bridgehead atoms. The van der Waals surface area contributed by atoms with Crippen LogP contribution < -0.4 is 11.3 Å². The van der Waals surface area contributed by atoms with Gasteiger partial charge in [0.05, 0.1) is 6.61 Å². The molecule has 0 unspecified atom stereocenters. The number of aliphatic hydroxyl groups excluding tert-OH is 3. The highest BCUT2D eigenvalue weighted by Gasteiger charge is 2.44. The topological polar surface area (TPSA) is 160 Å². The van der Waals surface area contributed by atoms with Crippen molar-refractivity contribution in [2.45, 2.75) is 24.5 Å². The zero-order valence-electron chi connectivity index (χ0n) is 10.2. The van der Waals surface area contributed by atoms with Gasteiger partial charge in [0, 0.05) is 0 Å². The summed E-state index contributed by atoms with van der Waals surface area (Å²) in [6.45, 7) is -0.455. The van der Waals surface area contributed by atoms with E-state index in [1.165, 1.54) is 10.9 Å². The third-order valence-corrected chi connectivity index (χ3v) is 3.25. The molecule has 10 nitrogen and oxygen atoms in total. The highest BCUT2D eigenvalue weighted by molar-refractivity contribution is 5.70. The van der Waals surface area contributed by atoms with Gasteiger partial charge in [0.15, 0.2) is 17.4 Å². The lowest BCUT2D eigenvalue weighted by Crippen LogP contribution is -2.33. The summed E-state index contributed by atoms with van der Waals surface area (Å²) < 4.78 is 6.59. The maximum absolute atomic E-state index is 11.9. The van der Waals surface area contributed by atoms with Crippen LogP contribution in [0.2, 0.25) is 0 Å². The maximum Gasteiger partial charge on any atom is 0.278 e. The van der Waals surface area contributed by atoms with Gasteiger partial charge in [-0.2, -0.15) is 4.98 Å². The normalized spacial score (nSPS) is 30.1. The second-order valence-electron chi connectivity index (χ2n) is 4.50. The first-order chi connectivity index (χ1) is 9.52. The molecule has 0 radical (unpaired) electrons. The van der Waals surface area contributed by atoms with E-state index in [0.717, 1.165) is 0 Å². The average Bonchev–Trinajstić information content (AvgIpc) is 2.93. The summed E-state index contributed by atoms with van der Waals surface area (Å²) >= 11 is 0. The van der Waals surface area contributed by atoms with Crippen LogP contribution >= 0.6 is 0 Å². The van der Waals surface area contributed by atoms with Gasteiger partial charge in [0.25, 0.3) is 5.56 Å². The Labute approximate surface area is 111 Å². The smallest absolute Gasteiger partial charge is 0.278 e. The number of rotatable bonds is 2. The third kappa shape index (κ3) is 1.78. The van der Waals surface area contributed by atoms with Gasteiger partial charge in [-0.05, 0) is 0 Å². The fraction of sp³-hybridized carbons (Fsp3) is 0.500. The van der Waals surface area contributed by atoms with Gasteiger partial charge in [-0.1, -0.05) is 0 Å². The number of H-pyrrole nitrogens is 1. The van der Waals surface area contributed by atoms with Gasteiger partial charge in [0.1, 0.15) is 24.6 Å². The van der Waals surface area contributed by atoms with Crippen molar-refractivity contribution in [1.82, 2.24) is 19.5 Å². The molecule has 2 aromatic rings. The van der Waals surface area contributed by atoms with Crippen LogP contribution in [0.3, 0.4) is 0 Å². The minimum atomic E-state index is -1.30. The molecule has 0 aliphatic carbocycles. The van der Waals surface area contributed by atoms with Crippen molar-refractivity contribution in [2.24, 2.45) is 0 Å². The largest absolute Gasteiger partial charge is 0.394 e. The first kappa shape index (κ1) is 13.0. The summed E-state index contributed by atoms with van der Waals surface area (Å²) in [5, 5.41) is 28.7. The van der Waals surface area contributed by atoms with Crippen LogP contribution in [-0.4, -0.2) is 59.8 Å². The van der Waals surface area contributed by atoms with E-state index in [1.54, 1.807) is 0 Å². The molecule has 0 saturated carbocycles. The Bertz CT molecular complexity index is 697. The van der Waals surface area contributed by atoms with E-state index >= 15 is 0 Å². The maximum atomic E-state index is 11.9. The Balaban J connectivity index is 2.10. The van der Waals surface area contributed by atoms with Gasteiger partial charge < -0.3 is 25.8 Å². The zero-order chi connectivity index (χ0) is 14.4. The molecule has 0 aromatic carbocycles. The Morgan fingerprint density at radius 1 is 1.45 bits per heavy atom. The number of aliphatic hydroxyl groups is 3. The molecule has 1 saturated heterocycles. The number of imidazole rings is 1. The number of hydrogen-bond donors (Lipinski definition) is 5. The second kappa shape index (κ2) is 4.52. The molecule has 4 atom stereocenters. The van der Waals surface area contributed by atoms with Gasteiger partial charge in [-0.3, -0.25) is 14.3 Å². The molecular weight excluding hydrogens is 270 g/mol. The standard InChI is InChI=1S/C10H13N5O5/c11-10-13-7-4(8(19)14-10)15(2-12-7)9-6(18)5(17)3(1-16)20-9/h2-3,5-6,9,16-18H,1H2,(H3,11,13,14,19)/t3-,5+,6-,9+/m0/s1. The lowest BCUT2D eigenvalue weighted by atomic mass is 10.1. The van der Waals surface area contributed by atoms with Crippen LogP contribution in [-0.2, 0) is 4.74 Å². The molecule has 0 spiro atoms. The Hall–Kier alpha value is -2.01. The van der Waals surface area contributed by atoms with E-state index in [1.807, 2.05) is 0 Å². The fourth-order valence-corrected chi connectivity index (χ4v) is 2.27. The number of ether oxygens (including phenoxy) is 1. The number of nitrogen functional groups attached to an aromatic ring is 1. The average molecular weight is 283 g/mol. The number of aromatic amines is 1. The number of nitrogens with zero attached hydrogens (tertiary/aromatic N) is 3. The van der Waals surface area contributed by atoms with E-state index in [9.17, 15) is 15.0 Å². The van der Waals surface area contributed by atoms with Crippen LogP contribution in [0.4, 0.5) is 5.95 Å². The van der Waals surface area contributed by atoms with Crippen molar-refractivity contribution >= 4 is 17.1 Å². The SMILES string of the molecule is Nc1nc2ncn([C@@H]3O[C@@H](CO)[C@@H](O)[C@@H]3O)c2c(=O)[nH]1. The van der Waals surface area contributed by atoms with Crippen LogP contribution in [0, 0.1) is 0 Å². The summed E-state index contributed by atoms with van der Waals surface area (Å²) in [7, 11) is 0.